The van der Waals surface area contributed by atoms with Crippen molar-refractivity contribution in [2.45, 2.75) is 39.8 Å². The van der Waals surface area contributed by atoms with Crippen LogP contribution in [0.4, 0.5) is 0 Å². The van der Waals surface area contributed by atoms with Crippen LogP contribution in [0.1, 0.15) is 31.9 Å². The molecule has 0 aliphatic rings. The van der Waals surface area contributed by atoms with Crippen LogP contribution in [-0.4, -0.2) is 11.9 Å². The Bertz CT molecular complexity index is 380. The molecule has 0 aliphatic carbocycles. The molecule has 102 valence electrons. The third-order valence-corrected chi connectivity index (χ3v) is 2.97. The second-order valence-electron chi connectivity index (χ2n) is 4.61. The van der Waals surface area contributed by atoms with Gasteiger partial charge in [-0.2, -0.15) is 0 Å². The zero-order chi connectivity index (χ0) is 12.8. The third-order valence-electron chi connectivity index (χ3n) is 2.97. The fraction of sp³-hybridized carbons (Fsp3) is 0.500. The summed E-state index contributed by atoms with van der Waals surface area (Å²) >= 11 is 0. The van der Waals surface area contributed by atoms with Crippen LogP contribution in [0.25, 0.3) is 0 Å². The van der Waals surface area contributed by atoms with Crippen LogP contribution in [0.5, 0.6) is 0 Å². The monoisotopic (exact) mass is 270 g/mol. The predicted molar refractivity (Wildman–Crippen MR) is 77.7 cm³/mol. The van der Waals surface area contributed by atoms with Gasteiger partial charge in [0.15, 0.2) is 0 Å². The first-order valence-corrected chi connectivity index (χ1v) is 6.16. The summed E-state index contributed by atoms with van der Waals surface area (Å²) in [5.74, 6) is 0.0855. The summed E-state index contributed by atoms with van der Waals surface area (Å²) in [5.41, 5.74) is 8.22. The molecule has 1 atom stereocenters. The molecular weight excluding hydrogens is 248 g/mol. The molecule has 0 aromatic heterocycles. The first-order valence-electron chi connectivity index (χ1n) is 6.16. The predicted octanol–water partition coefficient (Wildman–Crippen LogP) is 2.27. The van der Waals surface area contributed by atoms with E-state index in [4.69, 9.17) is 5.73 Å². The highest BCUT2D eigenvalue weighted by molar-refractivity contribution is 5.85. The molecule has 3 nitrogen and oxygen atoms in total. The summed E-state index contributed by atoms with van der Waals surface area (Å²) in [6, 6.07) is 7.71. The van der Waals surface area contributed by atoms with Gasteiger partial charge in [0.1, 0.15) is 0 Å². The average molecular weight is 271 g/mol. The van der Waals surface area contributed by atoms with E-state index in [1.165, 1.54) is 11.1 Å². The van der Waals surface area contributed by atoms with Crippen molar-refractivity contribution < 1.29 is 4.79 Å². The van der Waals surface area contributed by atoms with Crippen molar-refractivity contribution in [3.8, 4) is 0 Å². The molecule has 0 spiro atoms. The lowest BCUT2D eigenvalue weighted by Gasteiger charge is -2.16. The molecule has 0 radical (unpaired) electrons. The third kappa shape index (κ3) is 4.67. The van der Waals surface area contributed by atoms with Crippen molar-refractivity contribution in [1.29, 1.82) is 0 Å². The number of aryl methyl sites for hydroxylation is 1. The van der Waals surface area contributed by atoms with Crippen molar-refractivity contribution in [3.05, 3.63) is 35.4 Å². The second-order valence-corrected chi connectivity index (χ2v) is 4.61. The van der Waals surface area contributed by atoms with Gasteiger partial charge in [0.25, 0.3) is 0 Å². The molecule has 0 heterocycles. The standard InChI is InChI=1S/C14H22N2O.ClH/c1-4-11-7-5-6-8-12(11)9-16-14(17)13(15)10(2)3;/h5-8,10,13H,4,9,15H2,1-3H3,(H,16,17);1H. The molecule has 4 heteroatoms. The summed E-state index contributed by atoms with van der Waals surface area (Å²) in [7, 11) is 0. The van der Waals surface area contributed by atoms with Gasteiger partial charge in [-0.3, -0.25) is 4.79 Å². The van der Waals surface area contributed by atoms with Crippen molar-refractivity contribution in [1.82, 2.24) is 5.32 Å². The summed E-state index contributed by atoms with van der Waals surface area (Å²) in [5, 5.41) is 2.89. The maximum absolute atomic E-state index is 11.7. The minimum atomic E-state index is -0.427. The number of carbonyl (C=O) groups is 1. The smallest absolute Gasteiger partial charge is 0.237 e. The number of halogens is 1. The zero-order valence-corrected chi connectivity index (χ0v) is 12.1. The topological polar surface area (TPSA) is 55.1 Å². The Labute approximate surface area is 116 Å². The Morgan fingerprint density at radius 1 is 1.28 bits per heavy atom. The van der Waals surface area contributed by atoms with Crippen LogP contribution >= 0.6 is 12.4 Å². The molecule has 0 aliphatic heterocycles. The number of carbonyl (C=O) groups excluding carboxylic acids is 1. The van der Waals surface area contributed by atoms with Gasteiger partial charge in [-0.1, -0.05) is 45.0 Å². The quantitative estimate of drug-likeness (QED) is 0.862. The lowest BCUT2D eigenvalue weighted by atomic mass is 10.0. The molecule has 0 bridgehead atoms. The van der Waals surface area contributed by atoms with E-state index in [0.29, 0.717) is 6.54 Å². The highest BCUT2D eigenvalue weighted by atomic mass is 35.5. The summed E-state index contributed by atoms with van der Waals surface area (Å²) < 4.78 is 0. The minimum absolute atomic E-state index is 0. The number of hydrogen-bond donors (Lipinski definition) is 2. The number of nitrogens with one attached hydrogen (secondary N) is 1. The summed E-state index contributed by atoms with van der Waals surface area (Å²) in [6.07, 6.45) is 0.974. The Morgan fingerprint density at radius 3 is 2.33 bits per heavy atom. The van der Waals surface area contributed by atoms with Gasteiger partial charge in [0.2, 0.25) is 5.91 Å². The SMILES string of the molecule is CCc1ccccc1CNC(=O)C(N)C(C)C.Cl. The molecule has 0 saturated carbocycles. The first kappa shape index (κ1) is 16.9. The number of rotatable bonds is 5. The van der Waals surface area contributed by atoms with Crippen LogP contribution < -0.4 is 11.1 Å². The lowest BCUT2D eigenvalue weighted by molar-refractivity contribution is -0.123. The molecule has 1 unspecified atom stereocenters. The number of nitrogens with two attached hydrogens (primary N) is 1. The van der Waals surface area contributed by atoms with Crippen LogP contribution in [0.2, 0.25) is 0 Å². The minimum Gasteiger partial charge on any atom is -0.351 e. The molecule has 18 heavy (non-hydrogen) atoms. The maximum Gasteiger partial charge on any atom is 0.237 e. The Balaban J connectivity index is 0.00000289. The molecule has 3 N–H and O–H groups in total. The first-order chi connectivity index (χ1) is 8.06. The fourth-order valence-electron chi connectivity index (χ4n) is 1.68. The van der Waals surface area contributed by atoms with E-state index >= 15 is 0 Å². The molecule has 1 aromatic rings. The zero-order valence-electron chi connectivity index (χ0n) is 11.3. The van der Waals surface area contributed by atoms with E-state index < -0.39 is 6.04 Å². The highest BCUT2D eigenvalue weighted by Crippen LogP contribution is 2.09. The van der Waals surface area contributed by atoms with E-state index in [1.807, 2.05) is 32.0 Å². The molecular formula is C14H23ClN2O. The molecule has 0 saturated heterocycles. The van der Waals surface area contributed by atoms with Crippen molar-refractivity contribution in [3.63, 3.8) is 0 Å². The van der Waals surface area contributed by atoms with E-state index in [1.54, 1.807) is 0 Å². The van der Waals surface area contributed by atoms with Crippen LogP contribution in [-0.2, 0) is 17.8 Å². The van der Waals surface area contributed by atoms with Crippen molar-refractivity contribution in [2.24, 2.45) is 11.7 Å². The van der Waals surface area contributed by atoms with Gasteiger partial charge in [0.05, 0.1) is 6.04 Å². The Kier molecular flexibility index (Phi) is 7.64. The molecule has 1 aromatic carbocycles. The second kappa shape index (κ2) is 8.11. The molecule has 1 rings (SSSR count). The average Bonchev–Trinajstić information content (AvgIpc) is 2.35. The van der Waals surface area contributed by atoms with Gasteiger partial charge in [-0.05, 0) is 23.5 Å². The van der Waals surface area contributed by atoms with Gasteiger partial charge in [0, 0.05) is 6.54 Å². The van der Waals surface area contributed by atoms with Gasteiger partial charge in [-0.15, -0.1) is 12.4 Å². The molecule has 0 fully saturated rings. The van der Waals surface area contributed by atoms with Gasteiger partial charge >= 0.3 is 0 Å². The van der Waals surface area contributed by atoms with E-state index in [0.717, 1.165) is 6.42 Å². The number of benzene rings is 1. The van der Waals surface area contributed by atoms with E-state index in [9.17, 15) is 4.79 Å². The summed E-state index contributed by atoms with van der Waals surface area (Å²) in [6.45, 7) is 6.57. The lowest BCUT2D eigenvalue weighted by Crippen LogP contribution is -2.43. The van der Waals surface area contributed by atoms with Crippen LogP contribution in [0.3, 0.4) is 0 Å². The van der Waals surface area contributed by atoms with E-state index in [2.05, 4.69) is 18.3 Å². The van der Waals surface area contributed by atoms with Gasteiger partial charge < -0.3 is 11.1 Å². The maximum atomic E-state index is 11.7. The summed E-state index contributed by atoms with van der Waals surface area (Å²) in [4.78, 5) is 11.7. The fourth-order valence-corrected chi connectivity index (χ4v) is 1.68. The number of amides is 1. The van der Waals surface area contributed by atoms with Gasteiger partial charge in [-0.25, -0.2) is 0 Å². The molecule has 1 amide bonds. The normalized spacial score (nSPS) is 11.8. The Morgan fingerprint density at radius 2 is 1.83 bits per heavy atom. The highest BCUT2D eigenvalue weighted by Gasteiger charge is 2.16. The number of hydrogen-bond acceptors (Lipinski definition) is 2. The van der Waals surface area contributed by atoms with E-state index in [-0.39, 0.29) is 24.2 Å². The van der Waals surface area contributed by atoms with Crippen LogP contribution in [0.15, 0.2) is 24.3 Å². The largest absolute Gasteiger partial charge is 0.351 e. The van der Waals surface area contributed by atoms with Crippen molar-refractivity contribution in [2.75, 3.05) is 0 Å². The van der Waals surface area contributed by atoms with Crippen LogP contribution in [0, 0.1) is 5.92 Å². The van der Waals surface area contributed by atoms with Crippen molar-refractivity contribution >= 4 is 18.3 Å². The Hall–Kier alpha value is -1.06.